The van der Waals surface area contributed by atoms with Crippen molar-refractivity contribution in [2.24, 2.45) is 5.73 Å². The van der Waals surface area contributed by atoms with Crippen LogP contribution in [-0.2, 0) is 4.79 Å². The van der Waals surface area contributed by atoms with Crippen molar-refractivity contribution in [3.05, 3.63) is 28.7 Å². The predicted molar refractivity (Wildman–Crippen MR) is 66.3 cm³/mol. The van der Waals surface area contributed by atoms with Gasteiger partial charge in [-0.25, -0.2) is 0 Å². The molecule has 1 aromatic carbocycles. The molecule has 88 valence electrons. The molecule has 0 fully saturated rings. The number of amides is 1. The topological polar surface area (TPSA) is 64.3 Å². The highest BCUT2D eigenvalue weighted by molar-refractivity contribution is 9.10. The van der Waals surface area contributed by atoms with Crippen LogP contribution in [0, 0.1) is 0 Å². The molecule has 5 heteroatoms. The summed E-state index contributed by atoms with van der Waals surface area (Å²) in [4.78, 5) is 11.5. The zero-order chi connectivity index (χ0) is 12.0. The molecular formula is C11H15BrN2O2. The molecule has 0 radical (unpaired) electrons. The number of para-hydroxylation sites is 1. The van der Waals surface area contributed by atoms with E-state index in [-0.39, 0.29) is 5.91 Å². The van der Waals surface area contributed by atoms with Gasteiger partial charge in [0, 0.05) is 13.1 Å². The summed E-state index contributed by atoms with van der Waals surface area (Å²) in [6, 6.07) is 7.40. The van der Waals surface area contributed by atoms with Gasteiger partial charge in [0.05, 0.1) is 4.47 Å². The Balaban J connectivity index is 2.54. The maximum atomic E-state index is 11.5. The fourth-order valence-electron chi connectivity index (χ4n) is 1.12. The number of nitrogens with one attached hydrogen (secondary N) is 1. The molecule has 0 saturated heterocycles. The first-order valence-corrected chi connectivity index (χ1v) is 5.83. The van der Waals surface area contributed by atoms with Crippen LogP contribution in [0.2, 0.25) is 0 Å². The van der Waals surface area contributed by atoms with Crippen LogP contribution in [-0.4, -0.2) is 25.1 Å². The van der Waals surface area contributed by atoms with Crippen molar-refractivity contribution in [3.63, 3.8) is 0 Å². The fourth-order valence-corrected chi connectivity index (χ4v) is 1.50. The molecule has 1 aromatic rings. The number of hydrogen-bond donors (Lipinski definition) is 2. The minimum atomic E-state index is -0.537. The molecule has 0 spiro atoms. The smallest absolute Gasteiger partial charge is 0.260 e. The summed E-state index contributed by atoms with van der Waals surface area (Å²) in [5.74, 6) is 0.485. The van der Waals surface area contributed by atoms with Gasteiger partial charge in [-0.2, -0.15) is 0 Å². The van der Waals surface area contributed by atoms with E-state index >= 15 is 0 Å². The van der Waals surface area contributed by atoms with Gasteiger partial charge in [0.2, 0.25) is 0 Å². The van der Waals surface area contributed by atoms with E-state index in [0.717, 1.165) is 4.47 Å². The lowest BCUT2D eigenvalue weighted by molar-refractivity contribution is -0.127. The SMILES string of the molecule is CC(Oc1ccccc1Br)C(=O)NCCN. The standard InChI is InChI=1S/C11H15BrN2O2/c1-8(11(15)14-7-6-13)16-10-5-3-2-4-9(10)12/h2-5,8H,6-7,13H2,1H3,(H,14,15). The van der Waals surface area contributed by atoms with E-state index in [1.54, 1.807) is 13.0 Å². The second-order valence-electron chi connectivity index (χ2n) is 3.27. The number of halogens is 1. The average Bonchev–Trinajstić information content (AvgIpc) is 2.28. The monoisotopic (exact) mass is 286 g/mol. The average molecular weight is 287 g/mol. The third-order valence-electron chi connectivity index (χ3n) is 1.95. The summed E-state index contributed by atoms with van der Waals surface area (Å²) in [5.41, 5.74) is 5.29. The van der Waals surface area contributed by atoms with Crippen molar-refractivity contribution in [1.29, 1.82) is 0 Å². The molecule has 0 bridgehead atoms. The summed E-state index contributed by atoms with van der Waals surface area (Å²) in [6.07, 6.45) is -0.537. The predicted octanol–water partition coefficient (Wildman–Crippen LogP) is 1.29. The van der Waals surface area contributed by atoms with Gasteiger partial charge in [-0.1, -0.05) is 12.1 Å². The molecule has 0 aliphatic heterocycles. The molecule has 1 unspecified atom stereocenters. The number of hydrogen-bond acceptors (Lipinski definition) is 3. The van der Waals surface area contributed by atoms with E-state index in [1.807, 2.05) is 18.2 Å². The summed E-state index contributed by atoms with van der Waals surface area (Å²) in [7, 11) is 0. The van der Waals surface area contributed by atoms with Crippen LogP contribution >= 0.6 is 15.9 Å². The maximum absolute atomic E-state index is 11.5. The van der Waals surface area contributed by atoms with E-state index in [4.69, 9.17) is 10.5 Å². The second kappa shape index (κ2) is 6.50. The van der Waals surface area contributed by atoms with Gasteiger partial charge in [0.15, 0.2) is 6.10 Å². The van der Waals surface area contributed by atoms with Crippen molar-refractivity contribution in [2.75, 3.05) is 13.1 Å². The Morgan fingerprint density at radius 1 is 1.56 bits per heavy atom. The number of carbonyl (C=O) groups is 1. The highest BCUT2D eigenvalue weighted by Gasteiger charge is 2.14. The number of nitrogens with two attached hydrogens (primary N) is 1. The quantitative estimate of drug-likeness (QED) is 0.857. The highest BCUT2D eigenvalue weighted by atomic mass is 79.9. The van der Waals surface area contributed by atoms with Gasteiger partial charge in [0.25, 0.3) is 5.91 Å². The Morgan fingerprint density at radius 3 is 2.88 bits per heavy atom. The maximum Gasteiger partial charge on any atom is 0.260 e. The Hall–Kier alpha value is -1.07. The minimum Gasteiger partial charge on any atom is -0.480 e. The molecule has 3 N–H and O–H groups in total. The molecule has 16 heavy (non-hydrogen) atoms. The Morgan fingerprint density at radius 2 is 2.25 bits per heavy atom. The third-order valence-corrected chi connectivity index (χ3v) is 2.61. The summed E-state index contributed by atoms with van der Waals surface area (Å²) in [6.45, 7) is 2.58. The summed E-state index contributed by atoms with van der Waals surface area (Å²) < 4.78 is 6.33. The minimum absolute atomic E-state index is 0.166. The highest BCUT2D eigenvalue weighted by Crippen LogP contribution is 2.24. The molecule has 1 atom stereocenters. The first-order chi connectivity index (χ1) is 7.65. The van der Waals surface area contributed by atoms with E-state index < -0.39 is 6.10 Å². The van der Waals surface area contributed by atoms with E-state index in [2.05, 4.69) is 21.2 Å². The Kier molecular flexibility index (Phi) is 5.28. The van der Waals surface area contributed by atoms with Crippen molar-refractivity contribution in [3.8, 4) is 5.75 Å². The summed E-state index contributed by atoms with van der Waals surface area (Å²) in [5, 5.41) is 2.67. The molecule has 1 rings (SSSR count). The van der Waals surface area contributed by atoms with E-state index in [9.17, 15) is 4.79 Å². The lowest BCUT2D eigenvalue weighted by atomic mass is 10.3. The van der Waals surface area contributed by atoms with Crippen molar-refractivity contribution >= 4 is 21.8 Å². The van der Waals surface area contributed by atoms with Gasteiger partial charge < -0.3 is 15.8 Å². The zero-order valence-electron chi connectivity index (χ0n) is 9.07. The molecule has 0 saturated carbocycles. The van der Waals surface area contributed by atoms with Crippen LogP contribution in [0.25, 0.3) is 0 Å². The number of carbonyl (C=O) groups excluding carboxylic acids is 1. The van der Waals surface area contributed by atoms with Crippen LogP contribution in [0.15, 0.2) is 28.7 Å². The number of benzene rings is 1. The Labute approximate surface area is 103 Å². The molecular weight excluding hydrogens is 272 g/mol. The number of ether oxygens (including phenoxy) is 1. The van der Waals surface area contributed by atoms with Crippen molar-refractivity contribution in [1.82, 2.24) is 5.32 Å². The van der Waals surface area contributed by atoms with Crippen molar-refractivity contribution in [2.45, 2.75) is 13.0 Å². The Bertz CT molecular complexity index is 358. The van der Waals surface area contributed by atoms with Crippen LogP contribution in [0.5, 0.6) is 5.75 Å². The van der Waals surface area contributed by atoms with Crippen LogP contribution in [0.4, 0.5) is 0 Å². The zero-order valence-corrected chi connectivity index (χ0v) is 10.7. The van der Waals surface area contributed by atoms with Gasteiger partial charge in [0.1, 0.15) is 5.75 Å². The normalized spacial score (nSPS) is 11.9. The van der Waals surface area contributed by atoms with E-state index in [1.165, 1.54) is 0 Å². The molecule has 0 aromatic heterocycles. The van der Waals surface area contributed by atoms with Crippen molar-refractivity contribution < 1.29 is 9.53 Å². The molecule has 0 aliphatic carbocycles. The van der Waals surface area contributed by atoms with Crippen LogP contribution in [0.1, 0.15) is 6.92 Å². The number of rotatable bonds is 5. The fraction of sp³-hybridized carbons (Fsp3) is 0.364. The molecule has 4 nitrogen and oxygen atoms in total. The van der Waals surface area contributed by atoms with E-state index in [0.29, 0.717) is 18.8 Å². The molecule has 0 heterocycles. The molecule has 0 aliphatic rings. The summed E-state index contributed by atoms with van der Waals surface area (Å²) >= 11 is 3.35. The lowest BCUT2D eigenvalue weighted by Gasteiger charge is -2.15. The first-order valence-electron chi connectivity index (χ1n) is 5.04. The second-order valence-corrected chi connectivity index (χ2v) is 4.12. The van der Waals surface area contributed by atoms with Crippen LogP contribution < -0.4 is 15.8 Å². The largest absolute Gasteiger partial charge is 0.480 e. The van der Waals surface area contributed by atoms with Gasteiger partial charge >= 0.3 is 0 Å². The van der Waals surface area contributed by atoms with Crippen LogP contribution in [0.3, 0.4) is 0 Å². The first kappa shape index (κ1) is 13.0. The van der Waals surface area contributed by atoms with Gasteiger partial charge in [-0.3, -0.25) is 4.79 Å². The van der Waals surface area contributed by atoms with Gasteiger partial charge in [-0.05, 0) is 35.0 Å². The third kappa shape index (κ3) is 3.83. The molecule has 1 amide bonds. The lowest BCUT2D eigenvalue weighted by Crippen LogP contribution is -2.38. The van der Waals surface area contributed by atoms with Gasteiger partial charge in [-0.15, -0.1) is 0 Å².